The Balaban J connectivity index is 0.000000132. The maximum Gasteiger partial charge on any atom is 0.355 e. The average molecular weight is 1930 g/mol. The van der Waals surface area contributed by atoms with Gasteiger partial charge < -0.3 is 34.0 Å². The molecule has 3 aliphatic heterocycles. The van der Waals surface area contributed by atoms with Crippen LogP contribution in [0.1, 0.15) is 157 Å². The van der Waals surface area contributed by atoms with Crippen LogP contribution in [0.3, 0.4) is 0 Å². The molecule has 9 aromatic heterocycles. The van der Waals surface area contributed by atoms with E-state index in [1.54, 1.807) is 59.8 Å². The number of aromatic carboxylic acids is 1. The molecule has 0 bridgehead atoms. The lowest BCUT2D eigenvalue weighted by molar-refractivity contribution is 0.0689. The lowest BCUT2D eigenvalue weighted by Crippen LogP contribution is -2.32. The highest BCUT2D eigenvalue weighted by molar-refractivity contribution is 7.23. The van der Waals surface area contributed by atoms with Crippen molar-refractivity contribution in [3.05, 3.63) is 337 Å². The van der Waals surface area contributed by atoms with E-state index in [0.29, 0.717) is 107 Å². The second-order valence-corrected chi connectivity index (χ2v) is 39.3. The van der Waals surface area contributed by atoms with Crippen molar-refractivity contribution in [1.82, 2.24) is 49.7 Å². The SMILES string of the molecule is CC(=O)c1nc(N2CCc3cccc(C(=O)Nc4nc5ccccc5s4)c3C2)sc1CCCCOc1ccccc1.CC(=O)c1nc(N2CCc3cccc(C(=O)Nc4nc5ccccc5s4)c3C2)sc1CCCOc1ccc(-c2cccnc2)cc1.O=C(Nc1nc2ccccc2s1)c1cccc2c1CN(c1nc(C(=O)O)c(CCCCOc3ccc(-n4ncc5cccnc54)cc3)s1)CC2. The molecule has 0 saturated carbocycles. The summed E-state index contributed by atoms with van der Waals surface area (Å²) in [6.07, 6.45) is 15.6. The number of hydrogen-bond donors (Lipinski definition) is 4. The fourth-order valence-electron chi connectivity index (χ4n) is 16.9. The maximum atomic E-state index is 13.5. The first-order valence-electron chi connectivity index (χ1n) is 45.2. The number of nitrogens with one attached hydrogen (secondary N) is 3. The molecular formula is C105H92N16O10S6. The number of amides is 3. The summed E-state index contributed by atoms with van der Waals surface area (Å²) in [6, 6.07) is 74.4. The van der Waals surface area contributed by atoms with E-state index in [1.807, 2.05) is 225 Å². The zero-order valence-corrected chi connectivity index (χ0v) is 79.7. The number of nitrogens with zero attached hydrogens (tertiary/aromatic N) is 13. The van der Waals surface area contributed by atoms with Crippen molar-refractivity contribution in [1.29, 1.82) is 0 Å². The van der Waals surface area contributed by atoms with Gasteiger partial charge in [-0.3, -0.25) is 44.9 Å². The normalized spacial score (nSPS) is 12.7. The number of carbonyl (C=O) groups excluding carboxylic acids is 5. The highest BCUT2D eigenvalue weighted by Gasteiger charge is 2.32. The number of ketones is 2. The number of aromatic nitrogens is 10. The third kappa shape index (κ3) is 21.7. The van der Waals surface area contributed by atoms with Gasteiger partial charge in [0, 0.05) is 108 Å². The van der Waals surface area contributed by atoms with Crippen LogP contribution in [0.25, 0.3) is 58.5 Å². The fraction of sp³-hybridized carbons (Fsp3) is 0.210. The van der Waals surface area contributed by atoms with Crippen molar-refractivity contribution in [3.63, 3.8) is 0 Å². The number of Topliss-reactive ketones (excluding diaryl/α,β-unsaturated/α-hetero) is 2. The Hall–Kier alpha value is -14.7. The molecule has 3 aliphatic rings. The van der Waals surface area contributed by atoms with Crippen LogP contribution >= 0.6 is 68.0 Å². The number of pyridine rings is 2. The van der Waals surface area contributed by atoms with E-state index in [1.165, 1.54) is 50.9 Å². The minimum absolute atomic E-state index is 0.0173. The Morgan fingerprint density at radius 3 is 1.23 bits per heavy atom. The fourth-order valence-corrected chi connectivity index (χ4v) is 22.9. The molecule has 688 valence electrons. The number of ether oxygens (including phenoxy) is 3. The number of rotatable bonds is 31. The molecule has 4 N–H and O–H groups in total. The van der Waals surface area contributed by atoms with E-state index >= 15 is 0 Å². The van der Waals surface area contributed by atoms with Gasteiger partial charge in [-0.25, -0.2) is 44.4 Å². The van der Waals surface area contributed by atoms with Gasteiger partial charge in [-0.2, -0.15) is 5.10 Å². The van der Waals surface area contributed by atoms with E-state index < -0.39 is 5.97 Å². The summed E-state index contributed by atoms with van der Waals surface area (Å²) in [4.78, 5) is 123. The van der Waals surface area contributed by atoms with Crippen LogP contribution in [0.15, 0.2) is 255 Å². The zero-order valence-electron chi connectivity index (χ0n) is 74.8. The Morgan fingerprint density at radius 2 is 0.788 bits per heavy atom. The highest BCUT2D eigenvalue weighted by Crippen LogP contribution is 2.40. The quantitative estimate of drug-likeness (QED) is 0.0232. The zero-order chi connectivity index (χ0) is 93.7. The van der Waals surface area contributed by atoms with Crippen LogP contribution in [0.4, 0.5) is 30.8 Å². The van der Waals surface area contributed by atoms with Gasteiger partial charge in [0.05, 0.1) is 62.4 Å². The molecule has 12 heterocycles. The number of fused-ring (bicyclic) bond motifs is 7. The molecule has 0 spiro atoms. The molecule has 0 aliphatic carbocycles. The van der Waals surface area contributed by atoms with Crippen LogP contribution in [-0.4, -0.2) is 129 Å². The van der Waals surface area contributed by atoms with Gasteiger partial charge in [0.25, 0.3) is 17.7 Å². The van der Waals surface area contributed by atoms with Crippen LogP contribution in [0.2, 0.25) is 0 Å². The molecule has 21 rings (SSSR count). The first-order valence-corrected chi connectivity index (χ1v) is 50.1. The molecule has 0 unspecified atom stereocenters. The number of thiazole rings is 6. The van der Waals surface area contributed by atoms with Gasteiger partial charge >= 0.3 is 5.97 Å². The summed E-state index contributed by atoms with van der Waals surface area (Å²) in [5.74, 6) is 0.786. The molecule has 32 heteroatoms. The summed E-state index contributed by atoms with van der Waals surface area (Å²) < 4.78 is 22.7. The van der Waals surface area contributed by atoms with E-state index in [0.717, 1.165) is 199 Å². The summed E-state index contributed by atoms with van der Waals surface area (Å²) in [5, 5.41) is 28.4. The number of hydrogen-bond acceptors (Lipinski definition) is 27. The Labute approximate surface area is 812 Å². The largest absolute Gasteiger partial charge is 0.494 e. The third-order valence-corrected chi connectivity index (χ3v) is 30.2. The molecule has 26 nitrogen and oxygen atoms in total. The first kappa shape index (κ1) is 91.4. The number of carbonyl (C=O) groups is 6. The average Bonchev–Trinajstić information content (AvgIpc) is 1.77. The molecule has 0 fully saturated rings. The van der Waals surface area contributed by atoms with Crippen LogP contribution in [0, 0.1) is 0 Å². The summed E-state index contributed by atoms with van der Waals surface area (Å²) >= 11 is 8.93. The third-order valence-electron chi connectivity index (χ3n) is 23.8. The van der Waals surface area contributed by atoms with Gasteiger partial charge in [0.1, 0.15) is 28.6 Å². The number of aryl methyl sites for hydroxylation is 3. The molecule has 9 aromatic carbocycles. The van der Waals surface area contributed by atoms with Crippen molar-refractivity contribution in [2.45, 2.75) is 104 Å². The second kappa shape index (κ2) is 42.5. The molecule has 3 amide bonds. The van der Waals surface area contributed by atoms with Gasteiger partial charge in [-0.15, -0.1) is 34.0 Å². The van der Waals surface area contributed by atoms with Crippen LogP contribution in [0.5, 0.6) is 17.2 Å². The van der Waals surface area contributed by atoms with Gasteiger partial charge in [-0.1, -0.05) is 143 Å². The van der Waals surface area contributed by atoms with E-state index in [4.69, 9.17) is 24.2 Å². The number of unbranched alkanes of at least 4 members (excludes halogenated alkanes) is 2. The minimum Gasteiger partial charge on any atom is -0.494 e. The molecular weight excluding hydrogens is 1840 g/mol. The van der Waals surface area contributed by atoms with Crippen molar-refractivity contribution in [2.24, 2.45) is 0 Å². The number of benzene rings is 9. The standard InChI is InChI=1S/C37H31N7O4S2.C36H31N5O3S2.C32H30N4O3S2/c45-34(42-36-40-29-10-1-2-11-30(29)49-36)27-9-5-7-23-17-19-43(22-28(23)27)37-41-32(35(46)47)31(50-37)12-3-4-20-48-26-15-13-25(14-16-26)44-33-24(21-39-44)8-6-18-38-33;1-23(42)33-32(12-6-20-44-27-15-13-24(14-16-27)26-8-5-18-37-21-26)46-36(39-33)41-19-17-25-7-4-9-28(29(25)22-41)34(43)40-35-38-30-10-2-3-11-31(30)45-35;1-21(37)29-28(16-7-8-19-39-23-11-3-2-4-12-23)41-32(34-29)36-18-17-22-10-9-13-24(25(22)20-36)30(38)35-31-33-26-14-5-6-15-27(26)40-31/h1-2,5-11,13-16,18,21H,3-4,12,17,19-20,22H2,(H,46,47)(H,40,42,45);2-5,7-11,13-16,18,21H,6,12,17,19-20,22H2,1H3,(H,38,40,43);2-6,9-15H,7-8,16-20H2,1H3,(H,33,35,38). The summed E-state index contributed by atoms with van der Waals surface area (Å²) in [7, 11) is 0. The predicted molar refractivity (Wildman–Crippen MR) is 545 cm³/mol. The molecule has 0 radical (unpaired) electrons. The first-order chi connectivity index (χ1) is 67.1. The summed E-state index contributed by atoms with van der Waals surface area (Å²) in [6.45, 7) is 8.61. The number of anilines is 6. The van der Waals surface area contributed by atoms with Gasteiger partial charge in [0.15, 0.2) is 53.7 Å². The number of para-hydroxylation sites is 4. The van der Waals surface area contributed by atoms with Gasteiger partial charge in [-0.05, 0) is 236 Å². The van der Waals surface area contributed by atoms with E-state index in [2.05, 4.69) is 77.8 Å². The number of carboxylic acid groups (broad SMARTS) is 1. The number of carboxylic acids is 1. The second-order valence-electron chi connectivity index (χ2n) is 33.0. The lowest BCUT2D eigenvalue weighted by Gasteiger charge is -2.29. The van der Waals surface area contributed by atoms with Crippen molar-refractivity contribution in [3.8, 4) is 34.1 Å². The predicted octanol–water partition coefficient (Wildman–Crippen LogP) is 22.4. The van der Waals surface area contributed by atoms with E-state index in [-0.39, 0.29) is 35.0 Å². The minimum atomic E-state index is -1.03. The highest BCUT2D eigenvalue weighted by atomic mass is 32.1. The Morgan fingerprint density at radius 1 is 0.380 bits per heavy atom. The van der Waals surface area contributed by atoms with Gasteiger partial charge in [0.2, 0.25) is 0 Å². The van der Waals surface area contributed by atoms with Crippen molar-refractivity contribution < 1.29 is 48.1 Å². The van der Waals surface area contributed by atoms with E-state index in [9.17, 15) is 33.9 Å². The summed E-state index contributed by atoms with van der Waals surface area (Å²) in [5.41, 5.74) is 15.8. The van der Waals surface area contributed by atoms with Crippen molar-refractivity contribution >= 4 is 176 Å². The molecule has 0 saturated heterocycles. The van der Waals surface area contributed by atoms with Crippen molar-refractivity contribution in [2.75, 3.05) is 70.1 Å². The topological polar surface area (TPSA) is 317 Å². The van der Waals surface area contributed by atoms with Crippen LogP contribution in [-0.2, 0) is 58.2 Å². The lowest BCUT2D eigenvalue weighted by atomic mass is 9.94. The maximum absolute atomic E-state index is 13.5. The Bertz CT molecular complexity index is 7340. The smallest absolute Gasteiger partial charge is 0.355 e. The molecule has 137 heavy (non-hydrogen) atoms. The molecule has 18 aromatic rings. The van der Waals surface area contributed by atoms with Crippen LogP contribution < -0.4 is 44.9 Å². The monoisotopic (exact) mass is 1930 g/mol. The molecule has 0 atom stereocenters. The Kier molecular flexibility index (Phi) is 28.4.